The minimum Gasteiger partial charge on any atom is -0.496 e. The van der Waals surface area contributed by atoms with Crippen LogP contribution in [0.25, 0.3) is 0 Å². The van der Waals surface area contributed by atoms with Crippen LogP contribution in [0.15, 0.2) is 42.5 Å². The summed E-state index contributed by atoms with van der Waals surface area (Å²) in [5, 5.41) is 0. The maximum absolute atomic E-state index is 12.9. The molecule has 144 valence electrons. The third-order valence-corrected chi connectivity index (χ3v) is 4.87. The Hall–Kier alpha value is -2.69. The van der Waals surface area contributed by atoms with Crippen molar-refractivity contribution in [3.05, 3.63) is 53.6 Å². The van der Waals surface area contributed by atoms with Crippen molar-refractivity contribution in [2.75, 3.05) is 27.3 Å². The van der Waals surface area contributed by atoms with Gasteiger partial charge in [-0.25, -0.2) is 0 Å². The highest BCUT2D eigenvalue weighted by Crippen LogP contribution is 2.29. The highest BCUT2D eigenvalue weighted by atomic mass is 16.5. The van der Waals surface area contributed by atoms with Crippen LogP contribution in [-0.4, -0.2) is 38.1 Å². The van der Waals surface area contributed by atoms with Crippen molar-refractivity contribution in [3.63, 3.8) is 0 Å². The van der Waals surface area contributed by atoms with E-state index >= 15 is 0 Å². The van der Waals surface area contributed by atoms with Crippen molar-refractivity contribution >= 4 is 5.91 Å². The summed E-state index contributed by atoms with van der Waals surface area (Å²) < 4.78 is 16.7. The van der Waals surface area contributed by atoms with E-state index in [2.05, 4.69) is 0 Å². The molecule has 1 amide bonds. The largest absolute Gasteiger partial charge is 0.496 e. The number of hydrogen-bond acceptors (Lipinski definition) is 4. The molecule has 0 saturated carbocycles. The molecule has 0 radical (unpaired) electrons. The van der Waals surface area contributed by atoms with Gasteiger partial charge in [-0.3, -0.25) is 4.79 Å². The molecule has 2 aromatic carbocycles. The monoisotopic (exact) mass is 369 g/mol. The Morgan fingerprint density at radius 2 is 1.56 bits per heavy atom. The molecule has 1 aliphatic heterocycles. The second-order valence-corrected chi connectivity index (χ2v) is 6.67. The van der Waals surface area contributed by atoms with Crippen LogP contribution in [0.4, 0.5) is 0 Å². The summed E-state index contributed by atoms with van der Waals surface area (Å²) in [6.45, 7) is 1.96. The van der Waals surface area contributed by atoms with Crippen LogP contribution in [0.1, 0.15) is 41.6 Å². The lowest BCUT2D eigenvalue weighted by atomic mass is 10.1. The molecule has 1 aliphatic rings. The molecule has 3 rings (SSSR count). The minimum absolute atomic E-state index is 0.0816. The first-order valence-corrected chi connectivity index (χ1v) is 9.45. The molecule has 0 aliphatic carbocycles. The Bertz CT molecular complexity index is 767. The average molecular weight is 369 g/mol. The van der Waals surface area contributed by atoms with E-state index < -0.39 is 0 Å². The van der Waals surface area contributed by atoms with Crippen molar-refractivity contribution in [1.82, 2.24) is 4.90 Å². The van der Waals surface area contributed by atoms with E-state index in [1.54, 1.807) is 14.2 Å². The molecule has 0 atom stereocenters. The molecule has 2 aromatic rings. The SMILES string of the molecule is COc1ccc(C(=O)N2CCCCCC2)cc1COc1ccccc1OC. The van der Waals surface area contributed by atoms with Crippen LogP contribution in [0.3, 0.4) is 0 Å². The first-order chi connectivity index (χ1) is 13.2. The Morgan fingerprint density at radius 1 is 0.889 bits per heavy atom. The van der Waals surface area contributed by atoms with Crippen molar-refractivity contribution in [1.29, 1.82) is 0 Å². The minimum atomic E-state index is 0.0816. The molecule has 5 heteroatoms. The fourth-order valence-corrected chi connectivity index (χ4v) is 3.37. The second-order valence-electron chi connectivity index (χ2n) is 6.67. The van der Waals surface area contributed by atoms with Crippen LogP contribution >= 0.6 is 0 Å². The molecule has 27 heavy (non-hydrogen) atoms. The summed E-state index contributed by atoms with van der Waals surface area (Å²) in [6, 6.07) is 13.1. The van der Waals surface area contributed by atoms with Gasteiger partial charge in [0.1, 0.15) is 12.4 Å². The number of nitrogens with zero attached hydrogens (tertiary/aromatic N) is 1. The maximum Gasteiger partial charge on any atom is 0.253 e. The molecule has 1 saturated heterocycles. The zero-order chi connectivity index (χ0) is 19.1. The molecule has 0 bridgehead atoms. The summed E-state index contributed by atoms with van der Waals surface area (Å²) in [6.07, 6.45) is 4.55. The zero-order valence-electron chi connectivity index (χ0n) is 16.1. The Kier molecular flexibility index (Phi) is 6.58. The second kappa shape index (κ2) is 9.31. The summed E-state index contributed by atoms with van der Waals surface area (Å²) >= 11 is 0. The average Bonchev–Trinajstić information content (AvgIpc) is 3.01. The van der Waals surface area contributed by atoms with Crippen LogP contribution < -0.4 is 14.2 Å². The lowest BCUT2D eigenvalue weighted by molar-refractivity contribution is 0.0761. The fourth-order valence-electron chi connectivity index (χ4n) is 3.37. The predicted octanol–water partition coefficient (Wildman–Crippen LogP) is 4.30. The molecule has 0 aromatic heterocycles. The van der Waals surface area contributed by atoms with Crippen LogP contribution in [0, 0.1) is 0 Å². The van der Waals surface area contributed by atoms with Gasteiger partial charge in [-0.2, -0.15) is 0 Å². The van der Waals surface area contributed by atoms with Gasteiger partial charge in [-0.1, -0.05) is 25.0 Å². The molecular weight excluding hydrogens is 342 g/mol. The third-order valence-electron chi connectivity index (χ3n) is 4.87. The highest BCUT2D eigenvalue weighted by molar-refractivity contribution is 5.94. The van der Waals surface area contributed by atoms with Gasteiger partial charge in [0.25, 0.3) is 5.91 Å². The lowest BCUT2D eigenvalue weighted by Gasteiger charge is -2.21. The van der Waals surface area contributed by atoms with E-state index in [0.717, 1.165) is 31.5 Å². The summed E-state index contributed by atoms with van der Waals surface area (Å²) in [7, 11) is 3.24. The van der Waals surface area contributed by atoms with Gasteiger partial charge >= 0.3 is 0 Å². The van der Waals surface area contributed by atoms with Gasteiger partial charge in [-0.15, -0.1) is 0 Å². The number of ether oxygens (including phenoxy) is 3. The molecule has 1 fully saturated rings. The first-order valence-electron chi connectivity index (χ1n) is 9.45. The van der Waals surface area contributed by atoms with Crippen molar-refractivity contribution < 1.29 is 19.0 Å². The van der Waals surface area contributed by atoms with Crippen molar-refractivity contribution in [3.8, 4) is 17.2 Å². The number of carbonyl (C=O) groups excluding carboxylic acids is 1. The van der Waals surface area contributed by atoms with Gasteiger partial charge in [0.2, 0.25) is 0 Å². The first kappa shape index (κ1) is 19.1. The Morgan fingerprint density at radius 3 is 2.22 bits per heavy atom. The van der Waals surface area contributed by atoms with E-state index in [1.165, 1.54) is 12.8 Å². The zero-order valence-corrected chi connectivity index (χ0v) is 16.1. The molecule has 0 N–H and O–H groups in total. The van der Waals surface area contributed by atoms with Crippen LogP contribution in [0.2, 0.25) is 0 Å². The van der Waals surface area contributed by atoms with Crippen LogP contribution in [0.5, 0.6) is 17.2 Å². The number of benzene rings is 2. The Labute approximate surface area is 160 Å². The number of likely N-dealkylation sites (tertiary alicyclic amines) is 1. The number of methoxy groups -OCH3 is 2. The van der Waals surface area contributed by atoms with E-state index in [4.69, 9.17) is 14.2 Å². The Balaban J connectivity index is 1.77. The number of carbonyl (C=O) groups is 1. The fraction of sp³-hybridized carbons (Fsp3) is 0.409. The lowest BCUT2D eigenvalue weighted by Crippen LogP contribution is -2.31. The van der Waals surface area contributed by atoms with Gasteiger partial charge in [0.15, 0.2) is 11.5 Å². The molecule has 1 heterocycles. The number of rotatable bonds is 6. The number of hydrogen-bond donors (Lipinski definition) is 0. The van der Waals surface area contributed by atoms with E-state index in [0.29, 0.717) is 29.4 Å². The van der Waals surface area contributed by atoms with Crippen molar-refractivity contribution in [2.45, 2.75) is 32.3 Å². The van der Waals surface area contributed by atoms with Crippen molar-refractivity contribution in [2.24, 2.45) is 0 Å². The normalized spacial score (nSPS) is 14.4. The standard InChI is InChI=1S/C22H27NO4/c1-25-19-12-11-17(22(24)23-13-7-3-4-8-14-23)15-18(19)16-27-21-10-6-5-9-20(21)26-2/h5-6,9-12,15H,3-4,7-8,13-14,16H2,1-2H3. The van der Waals surface area contributed by atoms with E-state index in [-0.39, 0.29) is 5.91 Å². The summed E-state index contributed by atoms with van der Waals surface area (Å²) in [5.74, 6) is 2.12. The molecule has 5 nitrogen and oxygen atoms in total. The summed E-state index contributed by atoms with van der Waals surface area (Å²) in [5.41, 5.74) is 1.51. The van der Waals surface area contributed by atoms with Gasteiger partial charge in [0.05, 0.1) is 14.2 Å². The smallest absolute Gasteiger partial charge is 0.253 e. The molecule has 0 spiro atoms. The highest BCUT2D eigenvalue weighted by Gasteiger charge is 2.19. The van der Waals surface area contributed by atoms with Gasteiger partial charge < -0.3 is 19.1 Å². The van der Waals surface area contributed by atoms with E-state index in [1.807, 2.05) is 47.4 Å². The number of amides is 1. The van der Waals surface area contributed by atoms with E-state index in [9.17, 15) is 4.79 Å². The van der Waals surface area contributed by atoms with Gasteiger partial charge in [0, 0.05) is 24.2 Å². The molecular formula is C22H27NO4. The maximum atomic E-state index is 12.9. The predicted molar refractivity (Wildman–Crippen MR) is 105 cm³/mol. The van der Waals surface area contributed by atoms with Gasteiger partial charge in [-0.05, 0) is 43.2 Å². The quantitative estimate of drug-likeness (QED) is 0.762. The topological polar surface area (TPSA) is 48.0 Å². The summed E-state index contributed by atoms with van der Waals surface area (Å²) in [4.78, 5) is 14.9. The number of para-hydroxylation sites is 2. The molecule has 0 unspecified atom stereocenters. The van der Waals surface area contributed by atoms with Crippen LogP contribution in [-0.2, 0) is 6.61 Å². The third kappa shape index (κ3) is 4.73.